The zero-order chi connectivity index (χ0) is 25.1. The van der Waals surface area contributed by atoms with Crippen molar-refractivity contribution in [1.82, 2.24) is 9.13 Å². The van der Waals surface area contributed by atoms with Gasteiger partial charge in [-0.05, 0) is 49.4 Å². The molecule has 7 rings (SSSR count). The molecule has 0 aliphatic rings. The average Bonchev–Trinajstić information content (AvgIpc) is 3.45. The van der Waals surface area contributed by atoms with Crippen LogP contribution in [0.2, 0.25) is 0 Å². The highest BCUT2D eigenvalue weighted by molar-refractivity contribution is 6.11. The van der Waals surface area contributed by atoms with Crippen LogP contribution in [0.4, 0.5) is 0 Å². The minimum absolute atomic E-state index is 0.461. The zero-order valence-corrected chi connectivity index (χ0v) is 20.1. The van der Waals surface area contributed by atoms with Gasteiger partial charge >= 0.3 is 0 Å². The van der Waals surface area contributed by atoms with Gasteiger partial charge in [-0.25, -0.2) is 0 Å². The first-order chi connectivity index (χ1) is 18.2. The van der Waals surface area contributed by atoms with Gasteiger partial charge in [0.2, 0.25) is 0 Å². The molecule has 0 saturated carbocycles. The third kappa shape index (κ3) is 2.94. The zero-order valence-electron chi connectivity index (χ0n) is 20.1. The lowest BCUT2D eigenvalue weighted by Crippen LogP contribution is -2.04. The van der Waals surface area contributed by atoms with E-state index in [1.807, 2.05) is 42.5 Å². The lowest BCUT2D eigenvalue weighted by atomic mass is 10.1. The second-order valence-corrected chi connectivity index (χ2v) is 9.35. The van der Waals surface area contributed by atoms with Gasteiger partial charge in [0.1, 0.15) is 12.1 Å². The highest BCUT2D eigenvalue weighted by atomic mass is 15.0. The molecule has 0 aliphatic heterocycles. The van der Waals surface area contributed by atoms with Crippen LogP contribution < -0.4 is 0 Å². The molecule has 5 aromatic carbocycles. The van der Waals surface area contributed by atoms with Crippen molar-refractivity contribution in [3.63, 3.8) is 0 Å². The minimum atomic E-state index is 0.461. The Labute approximate surface area is 213 Å². The van der Waals surface area contributed by atoms with Crippen LogP contribution in [0.1, 0.15) is 16.7 Å². The third-order valence-electron chi connectivity index (χ3n) is 7.24. The molecule has 4 nitrogen and oxygen atoms in total. The van der Waals surface area contributed by atoms with E-state index in [4.69, 9.17) is 0 Å². The van der Waals surface area contributed by atoms with Crippen LogP contribution in [0.5, 0.6) is 0 Å². The number of hydrogen-bond acceptors (Lipinski definition) is 2. The van der Waals surface area contributed by atoms with Crippen molar-refractivity contribution in [2.24, 2.45) is 0 Å². The highest BCUT2D eigenvalue weighted by Gasteiger charge is 2.20. The number of benzene rings is 5. The number of nitriles is 2. The van der Waals surface area contributed by atoms with Crippen molar-refractivity contribution >= 4 is 43.6 Å². The van der Waals surface area contributed by atoms with E-state index in [2.05, 4.69) is 82.8 Å². The van der Waals surface area contributed by atoms with E-state index in [9.17, 15) is 10.5 Å². The van der Waals surface area contributed by atoms with Gasteiger partial charge in [0.05, 0.1) is 44.6 Å². The maximum absolute atomic E-state index is 10.2. The summed E-state index contributed by atoms with van der Waals surface area (Å²) in [5, 5.41) is 24.9. The van der Waals surface area contributed by atoms with Gasteiger partial charge in [0.15, 0.2) is 0 Å². The number of aromatic nitrogens is 2. The molecule has 2 aromatic heterocycles. The van der Waals surface area contributed by atoms with Crippen molar-refractivity contribution in [1.29, 1.82) is 10.5 Å². The van der Waals surface area contributed by atoms with Crippen molar-refractivity contribution in [2.75, 3.05) is 0 Å². The number of rotatable bonds is 2. The molecule has 0 radical (unpaired) electrons. The van der Waals surface area contributed by atoms with Crippen LogP contribution in [0, 0.1) is 29.6 Å². The predicted molar refractivity (Wildman–Crippen MR) is 149 cm³/mol. The summed E-state index contributed by atoms with van der Waals surface area (Å²) in [5.41, 5.74) is 7.72. The Morgan fingerprint density at radius 2 is 0.919 bits per heavy atom. The smallest absolute Gasteiger partial charge is 0.101 e. The highest BCUT2D eigenvalue weighted by Crippen LogP contribution is 2.37. The number of nitrogens with zero attached hydrogens (tertiary/aromatic N) is 4. The quantitative estimate of drug-likeness (QED) is 0.256. The molecule has 2 heterocycles. The summed E-state index contributed by atoms with van der Waals surface area (Å²) in [6, 6.07) is 39.6. The molecular weight excluding hydrogens is 452 g/mol. The monoisotopic (exact) mass is 472 g/mol. The minimum Gasteiger partial charge on any atom is -0.308 e. The van der Waals surface area contributed by atoms with Crippen LogP contribution in [0.3, 0.4) is 0 Å². The summed E-state index contributed by atoms with van der Waals surface area (Å²) in [4.78, 5) is 0. The van der Waals surface area contributed by atoms with Gasteiger partial charge in [-0.2, -0.15) is 10.5 Å². The molecule has 0 unspecified atom stereocenters. The van der Waals surface area contributed by atoms with Crippen LogP contribution in [0.15, 0.2) is 103 Å². The Bertz CT molecular complexity index is 2070. The summed E-state index contributed by atoms with van der Waals surface area (Å²) >= 11 is 0. The van der Waals surface area contributed by atoms with Gasteiger partial charge in [-0.1, -0.05) is 66.2 Å². The SMILES string of the molecule is Cc1ccc2c(c1)c1ccccc1n2-c1cc(-n2c3ccccc3c3ccccc32)c(C#N)cc1C#N. The molecule has 0 N–H and O–H groups in total. The Kier molecular flexibility index (Phi) is 4.46. The number of para-hydroxylation sites is 3. The van der Waals surface area contributed by atoms with Crippen LogP contribution in [0.25, 0.3) is 55.0 Å². The summed E-state index contributed by atoms with van der Waals surface area (Å²) in [6.45, 7) is 2.09. The Morgan fingerprint density at radius 1 is 0.486 bits per heavy atom. The van der Waals surface area contributed by atoms with Crippen LogP contribution in [-0.2, 0) is 0 Å². The third-order valence-corrected chi connectivity index (χ3v) is 7.24. The van der Waals surface area contributed by atoms with Gasteiger partial charge in [-0.3, -0.25) is 0 Å². The predicted octanol–water partition coefficient (Wildman–Crippen LogP) is 7.93. The summed E-state index contributed by atoms with van der Waals surface area (Å²) < 4.78 is 4.30. The van der Waals surface area contributed by atoms with E-state index >= 15 is 0 Å². The molecule has 0 saturated heterocycles. The fourth-order valence-corrected chi connectivity index (χ4v) is 5.65. The van der Waals surface area contributed by atoms with E-state index in [-0.39, 0.29) is 0 Å². The molecule has 7 aromatic rings. The van der Waals surface area contributed by atoms with E-state index in [1.54, 1.807) is 6.07 Å². The first-order valence-electron chi connectivity index (χ1n) is 12.2. The fourth-order valence-electron chi connectivity index (χ4n) is 5.65. The number of fused-ring (bicyclic) bond motifs is 6. The molecule has 0 spiro atoms. The Morgan fingerprint density at radius 3 is 1.41 bits per heavy atom. The largest absolute Gasteiger partial charge is 0.308 e. The first kappa shape index (κ1) is 21.0. The normalized spacial score (nSPS) is 11.3. The van der Waals surface area contributed by atoms with Crippen molar-refractivity contribution < 1.29 is 0 Å². The summed E-state index contributed by atoms with van der Waals surface area (Å²) in [7, 11) is 0. The van der Waals surface area contributed by atoms with E-state index in [1.165, 1.54) is 5.56 Å². The van der Waals surface area contributed by atoms with Crippen LogP contribution >= 0.6 is 0 Å². The lowest BCUT2D eigenvalue weighted by Gasteiger charge is -2.16. The molecule has 0 bridgehead atoms. The topological polar surface area (TPSA) is 57.4 Å². The Balaban J connectivity index is 1.65. The maximum Gasteiger partial charge on any atom is 0.101 e. The lowest BCUT2D eigenvalue weighted by molar-refractivity contribution is 1.12. The first-order valence-corrected chi connectivity index (χ1v) is 12.2. The van der Waals surface area contributed by atoms with Crippen molar-refractivity contribution in [3.8, 4) is 23.5 Å². The average molecular weight is 473 g/mol. The van der Waals surface area contributed by atoms with Gasteiger partial charge < -0.3 is 9.13 Å². The molecule has 0 aliphatic carbocycles. The van der Waals surface area contributed by atoms with Gasteiger partial charge in [0.25, 0.3) is 0 Å². The second-order valence-electron chi connectivity index (χ2n) is 9.35. The van der Waals surface area contributed by atoms with Gasteiger partial charge in [0, 0.05) is 21.5 Å². The van der Waals surface area contributed by atoms with Crippen molar-refractivity contribution in [3.05, 3.63) is 120 Å². The summed E-state index contributed by atoms with van der Waals surface area (Å²) in [5.74, 6) is 0. The molecule has 37 heavy (non-hydrogen) atoms. The molecule has 172 valence electrons. The standard InChI is InChI=1S/C33H20N4/c1-21-14-15-31-27(16-21)26-10-4-7-13-30(26)37(31)33-18-32(22(19-34)17-23(33)20-35)36-28-11-5-2-8-24(28)25-9-3-6-12-29(25)36/h2-18H,1H3. The van der Waals surface area contributed by atoms with E-state index in [0.29, 0.717) is 11.1 Å². The Hall–Kier alpha value is -5.32. The molecule has 4 heteroatoms. The van der Waals surface area contributed by atoms with Gasteiger partial charge in [-0.15, -0.1) is 0 Å². The maximum atomic E-state index is 10.2. The van der Waals surface area contributed by atoms with Crippen LogP contribution in [-0.4, -0.2) is 9.13 Å². The number of hydrogen-bond donors (Lipinski definition) is 0. The molecule has 0 fully saturated rings. The van der Waals surface area contributed by atoms with E-state index in [0.717, 1.165) is 55.0 Å². The van der Waals surface area contributed by atoms with Crippen molar-refractivity contribution in [2.45, 2.75) is 6.92 Å². The second kappa shape index (κ2) is 7.85. The number of aryl methyl sites for hydroxylation is 1. The van der Waals surface area contributed by atoms with E-state index < -0.39 is 0 Å². The molecular formula is C33H20N4. The molecule has 0 amide bonds. The summed E-state index contributed by atoms with van der Waals surface area (Å²) in [6.07, 6.45) is 0. The molecule has 0 atom stereocenters. The fraction of sp³-hybridized carbons (Fsp3) is 0.0303.